The van der Waals surface area contributed by atoms with Gasteiger partial charge in [-0.05, 0) is 60.2 Å². The van der Waals surface area contributed by atoms with Gasteiger partial charge < -0.3 is 19.5 Å². The molecule has 0 aromatic heterocycles. The highest BCUT2D eigenvalue weighted by Crippen LogP contribution is 2.36. The number of amides is 2. The van der Waals surface area contributed by atoms with Crippen molar-refractivity contribution in [1.82, 2.24) is 0 Å². The molecule has 0 spiro atoms. The molecule has 1 aliphatic rings. The fraction of sp³-hybridized carbons (Fsp3) is 0.120. The highest BCUT2D eigenvalue weighted by atomic mass is 35.5. The van der Waals surface area contributed by atoms with Crippen molar-refractivity contribution in [3.63, 3.8) is 0 Å². The number of benzene rings is 3. The van der Waals surface area contributed by atoms with Gasteiger partial charge in [-0.3, -0.25) is 9.59 Å². The van der Waals surface area contributed by atoms with Crippen LogP contribution in [0.2, 0.25) is 5.02 Å². The Hall–Kier alpha value is -3.97. The lowest BCUT2D eigenvalue weighted by atomic mass is 10.0. The van der Waals surface area contributed by atoms with Crippen LogP contribution in [0.1, 0.15) is 5.56 Å². The summed E-state index contributed by atoms with van der Waals surface area (Å²) in [5.41, 5.74) is 1.93. The molecule has 0 radical (unpaired) electrons. The molecule has 0 saturated heterocycles. The number of anilines is 2. The summed E-state index contributed by atoms with van der Waals surface area (Å²) in [5.74, 6) is 0.826. The van der Waals surface area contributed by atoms with Crippen LogP contribution in [-0.4, -0.2) is 33.1 Å². The second-order valence-electron chi connectivity index (χ2n) is 7.10. The molecule has 2 amide bonds. The van der Waals surface area contributed by atoms with Gasteiger partial charge in [0.25, 0.3) is 11.8 Å². The molecule has 0 saturated carbocycles. The first-order valence-corrected chi connectivity index (χ1v) is 10.4. The lowest BCUT2D eigenvalue weighted by Gasteiger charge is -2.16. The molecule has 168 valence electrons. The van der Waals surface area contributed by atoms with Crippen LogP contribution in [0.15, 0.2) is 72.4 Å². The topological polar surface area (TPSA) is 77.1 Å². The number of nitrogens with zero attached hydrogens (tertiary/aromatic N) is 1. The Morgan fingerprint density at radius 2 is 1.36 bits per heavy atom. The van der Waals surface area contributed by atoms with Crippen molar-refractivity contribution < 1.29 is 23.8 Å². The van der Waals surface area contributed by atoms with Crippen molar-refractivity contribution in [2.75, 3.05) is 31.5 Å². The van der Waals surface area contributed by atoms with Crippen molar-refractivity contribution >= 4 is 40.4 Å². The van der Waals surface area contributed by atoms with E-state index >= 15 is 0 Å². The van der Waals surface area contributed by atoms with E-state index in [1.165, 1.54) is 7.11 Å². The molecule has 1 N–H and O–H groups in total. The number of hydrogen-bond acceptors (Lipinski definition) is 6. The average molecular weight is 465 g/mol. The number of ether oxygens (including phenoxy) is 3. The molecule has 0 fully saturated rings. The summed E-state index contributed by atoms with van der Waals surface area (Å²) < 4.78 is 15.6. The van der Waals surface area contributed by atoms with Crippen LogP contribution in [0, 0.1) is 0 Å². The van der Waals surface area contributed by atoms with Gasteiger partial charge in [-0.15, -0.1) is 0 Å². The zero-order valence-corrected chi connectivity index (χ0v) is 19.0. The first-order valence-electron chi connectivity index (χ1n) is 9.99. The van der Waals surface area contributed by atoms with Gasteiger partial charge in [0.2, 0.25) is 0 Å². The molecule has 1 heterocycles. The zero-order valence-electron chi connectivity index (χ0n) is 18.2. The Kier molecular flexibility index (Phi) is 6.24. The molecule has 33 heavy (non-hydrogen) atoms. The Labute approximate surface area is 196 Å². The van der Waals surface area contributed by atoms with E-state index in [1.807, 2.05) is 0 Å². The maximum atomic E-state index is 13.5. The molecule has 0 bridgehead atoms. The van der Waals surface area contributed by atoms with Gasteiger partial charge in [-0.25, -0.2) is 4.90 Å². The zero-order chi connectivity index (χ0) is 23.5. The number of hydrogen-bond donors (Lipinski definition) is 1. The highest BCUT2D eigenvalue weighted by Gasteiger charge is 2.40. The van der Waals surface area contributed by atoms with Crippen LogP contribution < -0.4 is 24.4 Å². The van der Waals surface area contributed by atoms with Gasteiger partial charge in [0.15, 0.2) is 0 Å². The van der Waals surface area contributed by atoms with Crippen molar-refractivity contribution in [1.29, 1.82) is 0 Å². The Balaban J connectivity index is 1.78. The normalized spacial score (nSPS) is 13.4. The fourth-order valence-electron chi connectivity index (χ4n) is 3.53. The first kappa shape index (κ1) is 22.2. The molecular formula is C25H21ClN2O5. The second kappa shape index (κ2) is 9.26. The molecule has 7 nitrogen and oxygen atoms in total. The molecule has 0 aliphatic carbocycles. The molecule has 1 aliphatic heterocycles. The third-order valence-corrected chi connectivity index (χ3v) is 5.51. The van der Waals surface area contributed by atoms with E-state index in [0.29, 0.717) is 39.2 Å². The predicted molar refractivity (Wildman–Crippen MR) is 127 cm³/mol. The number of imide groups is 1. The highest BCUT2D eigenvalue weighted by molar-refractivity contribution is 6.46. The van der Waals surface area contributed by atoms with E-state index in [4.69, 9.17) is 25.8 Å². The maximum Gasteiger partial charge on any atom is 0.282 e. The predicted octanol–water partition coefficient (Wildman–Crippen LogP) is 4.76. The molecule has 3 aromatic carbocycles. The number of methoxy groups -OCH3 is 3. The van der Waals surface area contributed by atoms with Crippen molar-refractivity contribution in [3.8, 4) is 17.2 Å². The lowest BCUT2D eigenvalue weighted by Crippen LogP contribution is -2.32. The summed E-state index contributed by atoms with van der Waals surface area (Å²) in [5, 5.41) is 3.46. The van der Waals surface area contributed by atoms with Crippen LogP contribution in [0.5, 0.6) is 17.2 Å². The van der Waals surface area contributed by atoms with Gasteiger partial charge in [-0.1, -0.05) is 23.7 Å². The van der Waals surface area contributed by atoms with Crippen LogP contribution in [0.4, 0.5) is 11.4 Å². The minimum Gasteiger partial charge on any atom is -0.497 e. The monoisotopic (exact) mass is 464 g/mol. The van der Waals surface area contributed by atoms with Gasteiger partial charge in [0.1, 0.15) is 22.9 Å². The summed E-state index contributed by atoms with van der Waals surface area (Å²) in [6.07, 6.45) is 0. The third-order valence-electron chi connectivity index (χ3n) is 5.21. The van der Waals surface area contributed by atoms with Crippen LogP contribution in [0.3, 0.4) is 0 Å². The molecular weight excluding hydrogens is 444 g/mol. The molecule has 3 aromatic rings. The number of carbonyl (C=O) groups excluding carboxylic acids is 2. The average Bonchev–Trinajstić information content (AvgIpc) is 3.08. The van der Waals surface area contributed by atoms with Gasteiger partial charge >= 0.3 is 0 Å². The second-order valence-corrected chi connectivity index (χ2v) is 7.50. The summed E-state index contributed by atoms with van der Waals surface area (Å²) in [6.45, 7) is 0. The first-order chi connectivity index (χ1) is 16.0. The fourth-order valence-corrected chi connectivity index (χ4v) is 3.78. The van der Waals surface area contributed by atoms with E-state index in [1.54, 1.807) is 80.9 Å². The maximum absolute atomic E-state index is 13.5. The van der Waals surface area contributed by atoms with Crippen molar-refractivity contribution in [2.45, 2.75) is 0 Å². The summed E-state index contributed by atoms with van der Waals surface area (Å²) >= 11 is 6.25. The minimum absolute atomic E-state index is 0.141. The van der Waals surface area contributed by atoms with Crippen LogP contribution >= 0.6 is 11.6 Å². The standard InChI is InChI=1S/C25H21ClN2O5/c1-31-18-9-4-15(5-10-18)22-23(27-16-6-13-21(33-3)20(26)14-16)25(30)28(24(22)29)17-7-11-19(32-2)12-8-17/h4-14,27H,1-3H3. The lowest BCUT2D eigenvalue weighted by molar-refractivity contribution is -0.120. The third kappa shape index (κ3) is 4.23. The molecule has 0 atom stereocenters. The van der Waals surface area contributed by atoms with Gasteiger partial charge in [0, 0.05) is 5.69 Å². The Morgan fingerprint density at radius 3 is 1.91 bits per heavy atom. The van der Waals surface area contributed by atoms with E-state index in [9.17, 15) is 9.59 Å². The number of halogens is 1. The van der Waals surface area contributed by atoms with Gasteiger partial charge in [-0.2, -0.15) is 0 Å². The van der Waals surface area contributed by atoms with Crippen molar-refractivity contribution in [2.24, 2.45) is 0 Å². The molecule has 0 unspecified atom stereocenters. The smallest absolute Gasteiger partial charge is 0.282 e. The van der Waals surface area contributed by atoms with E-state index < -0.39 is 11.8 Å². The number of rotatable bonds is 7. The number of carbonyl (C=O) groups is 2. The molecule has 4 rings (SSSR count). The van der Waals surface area contributed by atoms with Crippen LogP contribution in [0.25, 0.3) is 5.57 Å². The summed E-state index contributed by atoms with van der Waals surface area (Å²) in [7, 11) is 4.63. The van der Waals surface area contributed by atoms with Crippen LogP contribution in [-0.2, 0) is 9.59 Å². The minimum atomic E-state index is -0.483. The van der Waals surface area contributed by atoms with E-state index in [2.05, 4.69) is 5.32 Å². The number of nitrogens with one attached hydrogen (secondary N) is 1. The van der Waals surface area contributed by atoms with Crippen molar-refractivity contribution in [3.05, 3.63) is 83.0 Å². The Bertz CT molecular complexity index is 1240. The van der Waals surface area contributed by atoms with E-state index in [-0.39, 0.29) is 11.3 Å². The Morgan fingerprint density at radius 1 is 0.758 bits per heavy atom. The summed E-state index contributed by atoms with van der Waals surface area (Å²) in [4.78, 5) is 28.1. The molecule has 8 heteroatoms. The SMILES string of the molecule is COc1ccc(C2=C(Nc3ccc(OC)c(Cl)c3)C(=O)N(c3ccc(OC)cc3)C2=O)cc1. The quantitative estimate of drug-likeness (QED) is 0.508. The van der Waals surface area contributed by atoms with E-state index in [0.717, 1.165) is 4.90 Å². The summed E-state index contributed by atoms with van der Waals surface area (Å²) in [6, 6.07) is 18.7. The van der Waals surface area contributed by atoms with Gasteiger partial charge in [0.05, 0.1) is 37.6 Å². The largest absolute Gasteiger partial charge is 0.497 e.